The van der Waals surface area contributed by atoms with Gasteiger partial charge in [0.2, 0.25) is 0 Å². The van der Waals surface area contributed by atoms with Crippen LogP contribution in [0.4, 0.5) is 11.6 Å². The first-order valence-electron chi connectivity index (χ1n) is 9.85. The SMILES string of the molecule is CCN1CCc2c(C#N)c(NCc3cccnc3)nc(NCc3ccco3)c2C1. The van der Waals surface area contributed by atoms with Crippen LogP contribution in [0.5, 0.6) is 0 Å². The van der Waals surface area contributed by atoms with Crippen LogP contribution in [0.25, 0.3) is 0 Å². The minimum Gasteiger partial charge on any atom is -0.467 e. The Kier molecular flexibility index (Phi) is 5.73. The van der Waals surface area contributed by atoms with E-state index in [9.17, 15) is 5.26 Å². The smallest absolute Gasteiger partial charge is 0.146 e. The molecule has 0 unspecified atom stereocenters. The summed E-state index contributed by atoms with van der Waals surface area (Å²) in [5, 5.41) is 16.6. The lowest BCUT2D eigenvalue weighted by Gasteiger charge is -2.30. The van der Waals surface area contributed by atoms with Crippen LogP contribution < -0.4 is 10.6 Å². The first kappa shape index (κ1) is 19.0. The Balaban J connectivity index is 1.66. The van der Waals surface area contributed by atoms with Gasteiger partial charge in [0.15, 0.2) is 0 Å². The molecule has 0 atom stereocenters. The number of likely N-dealkylation sites (N-methyl/N-ethyl adjacent to an activating group) is 1. The van der Waals surface area contributed by atoms with Crippen molar-refractivity contribution in [2.75, 3.05) is 23.7 Å². The summed E-state index contributed by atoms with van der Waals surface area (Å²) < 4.78 is 5.45. The molecular formula is C22H24N6O. The van der Waals surface area contributed by atoms with Gasteiger partial charge in [-0.05, 0) is 42.3 Å². The number of fused-ring (bicyclic) bond motifs is 1. The zero-order chi connectivity index (χ0) is 20.1. The van der Waals surface area contributed by atoms with Gasteiger partial charge < -0.3 is 15.1 Å². The molecule has 4 rings (SSSR count). The van der Waals surface area contributed by atoms with Crippen LogP contribution in [-0.4, -0.2) is 28.0 Å². The quantitative estimate of drug-likeness (QED) is 0.640. The summed E-state index contributed by atoms with van der Waals surface area (Å²) in [5.74, 6) is 2.27. The molecule has 1 aliphatic heterocycles. The number of hydrogen-bond donors (Lipinski definition) is 2. The molecule has 0 amide bonds. The average Bonchev–Trinajstić information content (AvgIpc) is 3.30. The number of rotatable bonds is 7. The maximum Gasteiger partial charge on any atom is 0.146 e. The third-order valence-electron chi connectivity index (χ3n) is 5.22. The summed E-state index contributed by atoms with van der Waals surface area (Å²) in [6.45, 7) is 5.97. The summed E-state index contributed by atoms with van der Waals surface area (Å²) in [6, 6.07) is 10.1. The highest BCUT2D eigenvalue weighted by Crippen LogP contribution is 2.32. The number of anilines is 2. The molecule has 4 heterocycles. The van der Waals surface area contributed by atoms with Crippen molar-refractivity contribution in [3.63, 3.8) is 0 Å². The van der Waals surface area contributed by atoms with Crippen molar-refractivity contribution in [2.45, 2.75) is 33.0 Å². The minimum absolute atomic E-state index is 0.548. The molecule has 0 saturated heterocycles. The van der Waals surface area contributed by atoms with Crippen LogP contribution in [0.2, 0.25) is 0 Å². The number of aromatic nitrogens is 2. The summed E-state index contributed by atoms with van der Waals surface area (Å²) in [5.41, 5.74) is 3.87. The normalized spacial score (nSPS) is 13.5. The maximum absolute atomic E-state index is 9.87. The Morgan fingerprint density at radius 3 is 2.79 bits per heavy atom. The van der Waals surface area contributed by atoms with Crippen LogP contribution >= 0.6 is 0 Å². The first-order valence-corrected chi connectivity index (χ1v) is 9.85. The lowest BCUT2D eigenvalue weighted by molar-refractivity contribution is 0.268. The molecule has 0 aromatic carbocycles. The zero-order valence-corrected chi connectivity index (χ0v) is 16.5. The predicted molar refractivity (Wildman–Crippen MR) is 111 cm³/mol. The number of furan rings is 1. The molecule has 0 bridgehead atoms. The van der Waals surface area contributed by atoms with Gasteiger partial charge in [-0.15, -0.1) is 0 Å². The fourth-order valence-corrected chi connectivity index (χ4v) is 3.63. The highest BCUT2D eigenvalue weighted by atomic mass is 16.3. The molecule has 2 N–H and O–H groups in total. The molecule has 3 aromatic rings. The topological polar surface area (TPSA) is 90.0 Å². The standard InChI is InChI=1S/C22H24N6O/c1-2-28-9-7-18-19(11-23)21(25-13-16-5-3-8-24-12-16)27-22(20(18)15-28)26-14-17-6-4-10-29-17/h3-6,8,10,12H,2,7,9,13-15H2,1H3,(H2,25,26,27). The molecule has 7 heteroatoms. The molecule has 3 aromatic heterocycles. The van der Waals surface area contributed by atoms with Crippen molar-refractivity contribution in [1.82, 2.24) is 14.9 Å². The van der Waals surface area contributed by atoms with Crippen molar-refractivity contribution >= 4 is 11.6 Å². The molecule has 1 aliphatic rings. The minimum atomic E-state index is 0.548. The van der Waals surface area contributed by atoms with Gasteiger partial charge in [-0.1, -0.05) is 13.0 Å². The fourth-order valence-electron chi connectivity index (χ4n) is 3.63. The van der Waals surface area contributed by atoms with E-state index in [1.165, 1.54) is 0 Å². The maximum atomic E-state index is 9.87. The highest BCUT2D eigenvalue weighted by molar-refractivity contribution is 5.66. The van der Waals surface area contributed by atoms with E-state index in [0.717, 1.165) is 54.3 Å². The lowest BCUT2D eigenvalue weighted by atomic mass is 9.95. The molecular weight excluding hydrogens is 364 g/mol. The van der Waals surface area contributed by atoms with E-state index >= 15 is 0 Å². The van der Waals surface area contributed by atoms with Crippen molar-refractivity contribution < 1.29 is 4.42 Å². The van der Waals surface area contributed by atoms with Gasteiger partial charge in [-0.2, -0.15) is 5.26 Å². The summed E-state index contributed by atoms with van der Waals surface area (Å²) in [7, 11) is 0. The Morgan fingerprint density at radius 2 is 2.07 bits per heavy atom. The Hall–Kier alpha value is -3.37. The second-order valence-electron chi connectivity index (χ2n) is 7.02. The molecule has 0 spiro atoms. The van der Waals surface area contributed by atoms with Crippen molar-refractivity contribution in [3.8, 4) is 6.07 Å². The monoisotopic (exact) mass is 388 g/mol. The largest absolute Gasteiger partial charge is 0.467 e. The number of pyridine rings is 2. The van der Waals surface area contributed by atoms with Crippen LogP contribution in [0.3, 0.4) is 0 Å². The predicted octanol–water partition coefficient (Wildman–Crippen LogP) is 3.54. The second-order valence-corrected chi connectivity index (χ2v) is 7.02. The number of nitrogens with one attached hydrogen (secondary N) is 2. The Labute approximate surface area is 170 Å². The van der Waals surface area contributed by atoms with Gasteiger partial charge in [-0.25, -0.2) is 4.98 Å². The zero-order valence-electron chi connectivity index (χ0n) is 16.5. The van der Waals surface area contributed by atoms with E-state index in [2.05, 4.69) is 33.5 Å². The van der Waals surface area contributed by atoms with E-state index in [1.807, 2.05) is 30.5 Å². The van der Waals surface area contributed by atoms with Gasteiger partial charge in [0.1, 0.15) is 23.5 Å². The molecule has 0 aliphatic carbocycles. The van der Waals surface area contributed by atoms with Crippen molar-refractivity contribution in [3.05, 3.63) is 70.9 Å². The van der Waals surface area contributed by atoms with Crippen molar-refractivity contribution in [1.29, 1.82) is 5.26 Å². The van der Waals surface area contributed by atoms with Crippen LogP contribution in [0, 0.1) is 11.3 Å². The molecule has 7 nitrogen and oxygen atoms in total. The molecule has 0 saturated carbocycles. The second kappa shape index (κ2) is 8.76. The molecule has 0 radical (unpaired) electrons. The van der Waals surface area contributed by atoms with E-state index < -0.39 is 0 Å². The number of hydrogen-bond acceptors (Lipinski definition) is 7. The number of nitrogens with zero attached hydrogens (tertiary/aromatic N) is 4. The Bertz CT molecular complexity index is 994. The third-order valence-corrected chi connectivity index (χ3v) is 5.22. The van der Waals surface area contributed by atoms with Gasteiger partial charge >= 0.3 is 0 Å². The van der Waals surface area contributed by atoms with Crippen molar-refractivity contribution in [2.24, 2.45) is 0 Å². The van der Waals surface area contributed by atoms with E-state index in [0.29, 0.717) is 24.5 Å². The van der Waals surface area contributed by atoms with Gasteiger partial charge in [0, 0.05) is 37.6 Å². The van der Waals surface area contributed by atoms with Gasteiger partial charge in [0.25, 0.3) is 0 Å². The fraction of sp³-hybridized carbons (Fsp3) is 0.318. The summed E-state index contributed by atoms with van der Waals surface area (Å²) >= 11 is 0. The van der Waals surface area contributed by atoms with Gasteiger partial charge in [0.05, 0.1) is 18.4 Å². The highest BCUT2D eigenvalue weighted by Gasteiger charge is 2.25. The summed E-state index contributed by atoms with van der Waals surface area (Å²) in [6.07, 6.45) is 6.06. The van der Waals surface area contributed by atoms with Gasteiger partial charge in [-0.3, -0.25) is 9.88 Å². The summed E-state index contributed by atoms with van der Waals surface area (Å²) in [4.78, 5) is 11.3. The first-order chi connectivity index (χ1) is 14.3. The lowest BCUT2D eigenvalue weighted by Crippen LogP contribution is -2.32. The van der Waals surface area contributed by atoms with E-state index in [4.69, 9.17) is 9.40 Å². The van der Waals surface area contributed by atoms with E-state index in [-0.39, 0.29) is 0 Å². The average molecular weight is 388 g/mol. The molecule has 0 fully saturated rings. The Morgan fingerprint density at radius 1 is 1.17 bits per heavy atom. The molecule has 148 valence electrons. The number of nitriles is 1. The third kappa shape index (κ3) is 4.23. The van der Waals surface area contributed by atoms with E-state index in [1.54, 1.807) is 12.5 Å². The van der Waals surface area contributed by atoms with Crippen LogP contribution in [0.15, 0.2) is 47.3 Å². The molecule has 29 heavy (non-hydrogen) atoms. The van der Waals surface area contributed by atoms with Crippen LogP contribution in [-0.2, 0) is 26.1 Å². The van der Waals surface area contributed by atoms with Crippen LogP contribution in [0.1, 0.15) is 34.9 Å².